The zero-order chi connectivity index (χ0) is 12.5. The van der Waals surface area contributed by atoms with Crippen molar-refractivity contribution in [3.8, 4) is 0 Å². The molecule has 1 fully saturated rings. The maximum Gasteiger partial charge on any atom is 0.254 e. The zero-order valence-corrected chi connectivity index (χ0v) is 9.97. The summed E-state index contributed by atoms with van der Waals surface area (Å²) in [5.41, 5.74) is 2.36. The SMILES string of the molecule is O=C(c1ccc2nc[nH]c2c1)N(CCO)C1CC1. The normalized spacial score (nSPS) is 14.9. The molecule has 5 heteroatoms. The number of H-pyrrole nitrogens is 1. The van der Waals surface area contributed by atoms with Gasteiger partial charge in [-0.25, -0.2) is 4.98 Å². The largest absolute Gasteiger partial charge is 0.395 e. The van der Waals surface area contributed by atoms with Crippen LogP contribution in [-0.2, 0) is 0 Å². The Morgan fingerprint density at radius 2 is 2.33 bits per heavy atom. The molecule has 0 atom stereocenters. The van der Waals surface area contributed by atoms with Crippen LogP contribution in [0.2, 0.25) is 0 Å². The van der Waals surface area contributed by atoms with Crippen LogP contribution in [0.4, 0.5) is 0 Å². The molecule has 0 saturated heterocycles. The predicted molar refractivity (Wildman–Crippen MR) is 67.2 cm³/mol. The van der Waals surface area contributed by atoms with E-state index in [9.17, 15) is 4.79 Å². The van der Waals surface area contributed by atoms with Crippen LogP contribution < -0.4 is 0 Å². The number of nitrogens with one attached hydrogen (secondary N) is 1. The Morgan fingerprint density at radius 1 is 1.50 bits per heavy atom. The maximum absolute atomic E-state index is 12.4. The Bertz CT molecular complexity index is 574. The van der Waals surface area contributed by atoms with Crippen LogP contribution in [0.3, 0.4) is 0 Å². The van der Waals surface area contributed by atoms with Crippen LogP contribution in [-0.4, -0.2) is 45.1 Å². The number of carbonyl (C=O) groups is 1. The molecule has 0 unspecified atom stereocenters. The lowest BCUT2D eigenvalue weighted by molar-refractivity contribution is 0.0708. The van der Waals surface area contributed by atoms with E-state index < -0.39 is 0 Å². The van der Waals surface area contributed by atoms with E-state index in [2.05, 4.69) is 9.97 Å². The minimum absolute atomic E-state index is 0.00847. The molecule has 3 rings (SSSR count). The van der Waals surface area contributed by atoms with Gasteiger partial charge in [-0.15, -0.1) is 0 Å². The Kier molecular flexibility index (Phi) is 2.76. The number of fused-ring (bicyclic) bond motifs is 1. The third kappa shape index (κ3) is 1.97. The predicted octanol–water partition coefficient (Wildman–Crippen LogP) is 1.16. The highest BCUT2D eigenvalue weighted by Crippen LogP contribution is 2.28. The molecule has 1 amide bonds. The summed E-state index contributed by atoms with van der Waals surface area (Å²) < 4.78 is 0. The van der Waals surface area contributed by atoms with E-state index >= 15 is 0 Å². The average Bonchev–Trinajstić information content (AvgIpc) is 3.12. The van der Waals surface area contributed by atoms with Gasteiger partial charge in [0.2, 0.25) is 0 Å². The minimum atomic E-state index is -0.0111. The molecule has 5 nitrogen and oxygen atoms in total. The number of aromatic nitrogens is 2. The van der Waals surface area contributed by atoms with E-state index in [0.29, 0.717) is 18.2 Å². The topological polar surface area (TPSA) is 69.2 Å². The number of aliphatic hydroxyl groups is 1. The van der Waals surface area contributed by atoms with Gasteiger partial charge in [0.1, 0.15) is 0 Å². The molecule has 94 valence electrons. The molecule has 0 radical (unpaired) electrons. The van der Waals surface area contributed by atoms with Gasteiger partial charge in [-0.2, -0.15) is 0 Å². The van der Waals surface area contributed by atoms with E-state index in [1.807, 2.05) is 12.1 Å². The molecule has 0 bridgehead atoms. The summed E-state index contributed by atoms with van der Waals surface area (Å²) in [6.45, 7) is 0.416. The maximum atomic E-state index is 12.4. The number of aromatic amines is 1. The number of hydrogen-bond acceptors (Lipinski definition) is 3. The highest BCUT2D eigenvalue weighted by atomic mass is 16.3. The summed E-state index contributed by atoms with van der Waals surface area (Å²) in [4.78, 5) is 21.3. The molecule has 1 heterocycles. The van der Waals surface area contributed by atoms with Crippen molar-refractivity contribution in [3.63, 3.8) is 0 Å². The van der Waals surface area contributed by atoms with E-state index in [1.54, 1.807) is 17.3 Å². The summed E-state index contributed by atoms with van der Waals surface area (Å²) in [6, 6.07) is 5.75. The second-order valence-electron chi connectivity index (χ2n) is 4.59. The molecule has 1 aliphatic rings. The van der Waals surface area contributed by atoms with Gasteiger partial charge in [-0.3, -0.25) is 4.79 Å². The van der Waals surface area contributed by atoms with Gasteiger partial charge < -0.3 is 15.0 Å². The molecular formula is C13H15N3O2. The van der Waals surface area contributed by atoms with E-state index in [0.717, 1.165) is 23.9 Å². The highest BCUT2D eigenvalue weighted by molar-refractivity contribution is 5.97. The molecule has 0 spiro atoms. The van der Waals surface area contributed by atoms with Crippen molar-refractivity contribution < 1.29 is 9.90 Å². The summed E-state index contributed by atoms with van der Waals surface area (Å²) in [6.07, 6.45) is 3.70. The van der Waals surface area contributed by atoms with Gasteiger partial charge in [0, 0.05) is 18.2 Å². The number of nitrogens with zero attached hydrogens (tertiary/aromatic N) is 2. The van der Waals surface area contributed by atoms with Crippen molar-refractivity contribution in [1.82, 2.24) is 14.9 Å². The molecule has 1 saturated carbocycles. The number of rotatable bonds is 4. The first-order valence-corrected chi connectivity index (χ1v) is 6.14. The van der Waals surface area contributed by atoms with Crippen LogP contribution >= 0.6 is 0 Å². The molecule has 1 aromatic carbocycles. The standard InChI is InChI=1S/C13H15N3O2/c17-6-5-16(10-2-3-10)13(18)9-1-4-11-12(7-9)15-8-14-11/h1,4,7-8,10,17H,2-3,5-6H2,(H,14,15). The molecular weight excluding hydrogens is 230 g/mol. The number of carbonyl (C=O) groups excluding carboxylic acids is 1. The fourth-order valence-corrected chi connectivity index (χ4v) is 2.18. The zero-order valence-electron chi connectivity index (χ0n) is 9.97. The van der Waals surface area contributed by atoms with Crippen LogP contribution in [0.25, 0.3) is 11.0 Å². The minimum Gasteiger partial charge on any atom is -0.395 e. The van der Waals surface area contributed by atoms with Gasteiger partial charge in [0.15, 0.2) is 0 Å². The molecule has 2 aromatic rings. The van der Waals surface area contributed by atoms with Crippen molar-refractivity contribution in [2.45, 2.75) is 18.9 Å². The van der Waals surface area contributed by atoms with Gasteiger partial charge >= 0.3 is 0 Å². The Balaban J connectivity index is 1.89. The number of imidazole rings is 1. The Labute approximate surface area is 104 Å². The van der Waals surface area contributed by atoms with E-state index in [4.69, 9.17) is 5.11 Å². The molecule has 18 heavy (non-hydrogen) atoms. The smallest absolute Gasteiger partial charge is 0.254 e. The van der Waals surface area contributed by atoms with Crippen molar-refractivity contribution in [3.05, 3.63) is 30.1 Å². The summed E-state index contributed by atoms with van der Waals surface area (Å²) in [5, 5.41) is 9.04. The van der Waals surface area contributed by atoms with Crippen LogP contribution in [0, 0.1) is 0 Å². The van der Waals surface area contributed by atoms with Crippen molar-refractivity contribution in [2.24, 2.45) is 0 Å². The van der Waals surface area contributed by atoms with Crippen molar-refractivity contribution >= 4 is 16.9 Å². The number of hydrogen-bond donors (Lipinski definition) is 2. The van der Waals surface area contributed by atoms with Gasteiger partial charge in [0.05, 0.1) is 24.0 Å². The molecule has 2 N–H and O–H groups in total. The second-order valence-corrected chi connectivity index (χ2v) is 4.59. The third-order valence-corrected chi connectivity index (χ3v) is 3.26. The summed E-state index contributed by atoms with van der Waals surface area (Å²) in [7, 11) is 0. The van der Waals surface area contributed by atoms with Crippen molar-refractivity contribution in [1.29, 1.82) is 0 Å². The van der Waals surface area contributed by atoms with E-state index in [-0.39, 0.29) is 12.5 Å². The quantitative estimate of drug-likeness (QED) is 0.849. The fourth-order valence-electron chi connectivity index (χ4n) is 2.18. The summed E-state index contributed by atoms with van der Waals surface area (Å²) in [5.74, 6) is -0.0111. The first-order chi connectivity index (χ1) is 8.79. The number of benzene rings is 1. The Hall–Kier alpha value is -1.88. The first-order valence-electron chi connectivity index (χ1n) is 6.14. The highest BCUT2D eigenvalue weighted by Gasteiger charge is 2.32. The first kappa shape index (κ1) is 11.2. The number of amides is 1. The van der Waals surface area contributed by atoms with Gasteiger partial charge in [-0.05, 0) is 31.0 Å². The van der Waals surface area contributed by atoms with E-state index in [1.165, 1.54) is 0 Å². The third-order valence-electron chi connectivity index (χ3n) is 3.26. The molecule has 1 aromatic heterocycles. The van der Waals surface area contributed by atoms with Crippen LogP contribution in [0.15, 0.2) is 24.5 Å². The lowest BCUT2D eigenvalue weighted by Crippen LogP contribution is -2.35. The Morgan fingerprint density at radius 3 is 3.06 bits per heavy atom. The lowest BCUT2D eigenvalue weighted by Gasteiger charge is -2.21. The fraction of sp³-hybridized carbons (Fsp3) is 0.385. The van der Waals surface area contributed by atoms with Gasteiger partial charge in [0.25, 0.3) is 5.91 Å². The molecule has 1 aliphatic carbocycles. The van der Waals surface area contributed by atoms with Crippen molar-refractivity contribution in [2.75, 3.05) is 13.2 Å². The van der Waals surface area contributed by atoms with Gasteiger partial charge in [-0.1, -0.05) is 0 Å². The average molecular weight is 245 g/mol. The van der Waals surface area contributed by atoms with Crippen LogP contribution in [0.1, 0.15) is 23.2 Å². The monoisotopic (exact) mass is 245 g/mol. The summed E-state index contributed by atoms with van der Waals surface area (Å²) >= 11 is 0. The second kappa shape index (κ2) is 4.42. The van der Waals surface area contributed by atoms with Crippen LogP contribution in [0.5, 0.6) is 0 Å². The molecule has 0 aliphatic heterocycles. The lowest BCUT2D eigenvalue weighted by atomic mass is 10.1. The number of aliphatic hydroxyl groups excluding tert-OH is 1.